The van der Waals surface area contributed by atoms with Gasteiger partial charge in [-0.1, -0.05) is 19.9 Å². The standard InChI is InChI=1S/C21H26N4O3/c1-4-11-25(12-5-2)21(28)16-9-10-22-19(13-16)20(27)24-18-8-6-7-17(14-18)23-15(3)26/h6-10,13-14H,4-5,11-12H2,1-3H3,(H,23,26)(H,24,27). The number of pyridine rings is 1. The van der Waals surface area contributed by atoms with Crippen molar-refractivity contribution in [2.24, 2.45) is 0 Å². The number of nitrogens with one attached hydrogen (secondary N) is 2. The Labute approximate surface area is 165 Å². The SMILES string of the molecule is CCCN(CCC)C(=O)c1ccnc(C(=O)Nc2cccc(NC(C)=O)c2)c1. The molecule has 0 aliphatic carbocycles. The number of nitrogens with zero attached hydrogens (tertiary/aromatic N) is 2. The molecule has 2 aromatic rings. The van der Waals surface area contributed by atoms with Crippen LogP contribution in [0.15, 0.2) is 42.6 Å². The third-order valence-electron chi connectivity index (χ3n) is 3.95. The minimum Gasteiger partial charge on any atom is -0.339 e. The molecule has 0 radical (unpaired) electrons. The second-order valence-electron chi connectivity index (χ2n) is 6.44. The summed E-state index contributed by atoms with van der Waals surface area (Å²) in [5, 5.41) is 5.40. The number of rotatable bonds is 8. The van der Waals surface area contributed by atoms with Crippen molar-refractivity contribution in [3.63, 3.8) is 0 Å². The van der Waals surface area contributed by atoms with Crippen molar-refractivity contribution in [2.45, 2.75) is 33.6 Å². The highest BCUT2D eigenvalue weighted by Gasteiger charge is 2.17. The topological polar surface area (TPSA) is 91.4 Å². The first kappa shape index (κ1) is 21.1. The van der Waals surface area contributed by atoms with E-state index in [0.717, 1.165) is 12.8 Å². The van der Waals surface area contributed by atoms with Crippen molar-refractivity contribution in [3.8, 4) is 0 Å². The van der Waals surface area contributed by atoms with Crippen LogP contribution in [0.5, 0.6) is 0 Å². The highest BCUT2D eigenvalue weighted by Crippen LogP contribution is 2.16. The molecule has 1 aromatic carbocycles. The summed E-state index contributed by atoms with van der Waals surface area (Å²) >= 11 is 0. The van der Waals surface area contributed by atoms with Gasteiger partial charge in [0, 0.05) is 43.1 Å². The quantitative estimate of drug-likeness (QED) is 0.730. The van der Waals surface area contributed by atoms with Gasteiger partial charge in [0.1, 0.15) is 5.69 Å². The molecule has 0 fully saturated rings. The second-order valence-corrected chi connectivity index (χ2v) is 6.44. The Hall–Kier alpha value is -3.22. The summed E-state index contributed by atoms with van der Waals surface area (Å²) in [4.78, 5) is 42.3. The first-order valence-electron chi connectivity index (χ1n) is 9.39. The van der Waals surface area contributed by atoms with Crippen molar-refractivity contribution in [1.82, 2.24) is 9.88 Å². The zero-order valence-corrected chi connectivity index (χ0v) is 16.5. The van der Waals surface area contributed by atoms with E-state index < -0.39 is 5.91 Å². The van der Waals surface area contributed by atoms with Gasteiger partial charge in [0.2, 0.25) is 5.91 Å². The first-order chi connectivity index (χ1) is 13.4. The van der Waals surface area contributed by atoms with E-state index in [1.807, 2.05) is 13.8 Å². The van der Waals surface area contributed by atoms with Gasteiger partial charge in [-0.25, -0.2) is 0 Å². The van der Waals surface area contributed by atoms with E-state index >= 15 is 0 Å². The average molecular weight is 382 g/mol. The van der Waals surface area contributed by atoms with E-state index in [9.17, 15) is 14.4 Å². The van der Waals surface area contributed by atoms with Gasteiger partial charge in [-0.2, -0.15) is 0 Å². The van der Waals surface area contributed by atoms with Crippen LogP contribution < -0.4 is 10.6 Å². The fourth-order valence-electron chi connectivity index (χ4n) is 2.80. The lowest BCUT2D eigenvalue weighted by molar-refractivity contribution is -0.114. The maximum Gasteiger partial charge on any atom is 0.274 e. The van der Waals surface area contributed by atoms with Crippen molar-refractivity contribution >= 4 is 29.1 Å². The van der Waals surface area contributed by atoms with Crippen molar-refractivity contribution in [3.05, 3.63) is 53.9 Å². The fraction of sp³-hybridized carbons (Fsp3) is 0.333. The maximum absolute atomic E-state index is 12.7. The maximum atomic E-state index is 12.7. The van der Waals surface area contributed by atoms with Crippen molar-refractivity contribution in [1.29, 1.82) is 0 Å². The molecule has 0 saturated carbocycles. The van der Waals surface area contributed by atoms with E-state index in [2.05, 4.69) is 15.6 Å². The van der Waals surface area contributed by atoms with Crippen LogP contribution in [-0.2, 0) is 4.79 Å². The molecule has 0 bridgehead atoms. The molecule has 1 aromatic heterocycles. The molecule has 2 rings (SSSR count). The monoisotopic (exact) mass is 382 g/mol. The van der Waals surface area contributed by atoms with Crippen molar-refractivity contribution < 1.29 is 14.4 Å². The highest BCUT2D eigenvalue weighted by atomic mass is 16.2. The molecule has 3 amide bonds. The Morgan fingerprint density at radius 3 is 2.21 bits per heavy atom. The van der Waals surface area contributed by atoms with Gasteiger partial charge in [-0.15, -0.1) is 0 Å². The second kappa shape index (κ2) is 10.2. The van der Waals surface area contributed by atoms with Gasteiger partial charge < -0.3 is 15.5 Å². The van der Waals surface area contributed by atoms with E-state index in [1.54, 1.807) is 35.2 Å². The molecule has 2 N–H and O–H groups in total. The number of aromatic nitrogens is 1. The molecule has 1 heterocycles. The van der Waals surface area contributed by atoms with Gasteiger partial charge in [-0.05, 0) is 43.2 Å². The van der Waals surface area contributed by atoms with Gasteiger partial charge >= 0.3 is 0 Å². The summed E-state index contributed by atoms with van der Waals surface area (Å²) in [7, 11) is 0. The normalized spacial score (nSPS) is 10.2. The molecule has 148 valence electrons. The molecule has 7 heteroatoms. The summed E-state index contributed by atoms with van der Waals surface area (Å²) < 4.78 is 0. The van der Waals surface area contributed by atoms with Crippen LogP contribution in [0.4, 0.5) is 11.4 Å². The Bertz CT molecular complexity index is 845. The molecule has 0 aliphatic heterocycles. The van der Waals surface area contributed by atoms with Crippen LogP contribution in [0.3, 0.4) is 0 Å². The Morgan fingerprint density at radius 2 is 1.61 bits per heavy atom. The van der Waals surface area contributed by atoms with E-state index in [4.69, 9.17) is 0 Å². The molecular weight excluding hydrogens is 356 g/mol. The minimum atomic E-state index is -0.424. The lowest BCUT2D eigenvalue weighted by atomic mass is 10.1. The summed E-state index contributed by atoms with van der Waals surface area (Å²) in [6.07, 6.45) is 3.20. The Kier molecular flexibility index (Phi) is 7.68. The summed E-state index contributed by atoms with van der Waals surface area (Å²) in [5.41, 5.74) is 1.70. The number of hydrogen-bond acceptors (Lipinski definition) is 4. The Morgan fingerprint density at radius 1 is 0.964 bits per heavy atom. The number of hydrogen-bond donors (Lipinski definition) is 2. The minimum absolute atomic E-state index is 0.104. The largest absolute Gasteiger partial charge is 0.339 e. The van der Waals surface area contributed by atoms with E-state index in [1.165, 1.54) is 19.2 Å². The predicted molar refractivity (Wildman–Crippen MR) is 109 cm³/mol. The van der Waals surface area contributed by atoms with Gasteiger partial charge in [0.25, 0.3) is 11.8 Å². The molecule has 0 atom stereocenters. The Balaban J connectivity index is 2.15. The van der Waals surface area contributed by atoms with Gasteiger partial charge in [0.05, 0.1) is 0 Å². The smallest absolute Gasteiger partial charge is 0.274 e. The molecule has 7 nitrogen and oxygen atoms in total. The van der Waals surface area contributed by atoms with Gasteiger partial charge in [0.15, 0.2) is 0 Å². The van der Waals surface area contributed by atoms with Crippen LogP contribution in [0.2, 0.25) is 0 Å². The van der Waals surface area contributed by atoms with Crippen LogP contribution in [0, 0.1) is 0 Å². The number of benzene rings is 1. The molecule has 0 unspecified atom stereocenters. The fourth-order valence-corrected chi connectivity index (χ4v) is 2.80. The van der Waals surface area contributed by atoms with Crippen LogP contribution in [-0.4, -0.2) is 40.7 Å². The number of amides is 3. The number of carbonyl (C=O) groups excluding carboxylic acids is 3. The zero-order valence-electron chi connectivity index (χ0n) is 16.5. The lowest BCUT2D eigenvalue weighted by Crippen LogP contribution is -2.32. The molecule has 0 aliphatic rings. The third kappa shape index (κ3) is 5.90. The summed E-state index contributed by atoms with van der Waals surface area (Å²) in [6, 6.07) is 9.94. The number of carbonyl (C=O) groups is 3. The van der Waals surface area contributed by atoms with Crippen LogP contribution in [0.25, 0.3) is 0 Å². The average Bonchev–Trinajstić information content (AvgIpc) is 2.67. The molecular formula is C21H26N4O3. The molecule has 28 heavy (non-hydrogen) atoms. The highest BCUT2D eigenvalue weighted by molar-refractivity contribution is 6.05. The van der Waals surface area contributed by atoms with E-state index in [0.29, 0.717) is 30.0 Å². The third-order valence-corrected chi connectivity index (χ3v) is 3.95. The summed E-state index contributed by atoms with van der Waals surface area (Å²) in [6.45, 7) is 6.81. The lowest BCUT2D eigenvalue weighted by Gasteiger charge is -2.21. The predicted octanol–water partition coefficient (Wildman–Crippen LogP) is 3.55. The summed E-state index contributed by atoms with van der Waals surface area (Å²) in [5.74, 6) is -0.722. The first-order valence-corrected chi connectivity index (χ1v) is 9.39. The van der Waals surface area contributed by atoms with Gasteiger partial charge in [-0.3, -0.25) is 19.4 Å². The van der Waals surface area contributed by atoms with Crippen LogP contribution in [0.1, 0.15) is 54.5 Å². The molecule has 0 saturated heterocycles. The molecule has 0 spiro atoms. The number of anilines is 2. The van der Waals surface area contributed by atoms with Crippen LogP contribution >= 0.6 is 0 Å². The van der Waals surface area contributed by atoms with E-state index in [-0.39, 0.29) is 17.5 Å². The van der Waals surface area contributed by atoms with Crippen molar-refractivity contribution in [2.75, 3.05) is 23.7 Å². The zero-order chi connectivity index (χ0) is 20.5.